The average molecular weight is 361 g/mol. The standard InChI is InChI=1S/C6H7BrS.C6H8S.BHNS/c1-4-3-6(7)8-5(4)2;1-5-3-4-7-6(5)2;1-2-3/h3H,1-2H3;3-4H,1-2H3;3H. The number of thiol groups is 1. The van der Waals surface area contributed by atoms with Gasteiger partial charge in [-0.3, -0.25) is 0 Å². The Morgan fingerprint density at radius 3 is 1.83 bits per heavy atom. The minimum atomic E-state index is 1.23. The van der Waals surface area contributed by atoms with Gasteiger partial charge in [0, 0.05) is 9.75 Å². The van der Waals surface area contributed by atoms with Crippen molar-refractivity contribution in [2.45, 2.75) is 27.7 Å². The summed E-state index contributed by atoms with van der Waals surface area (Å²) in [5.41, 5.74) is 2.78. The van der Waals surface area contributed by atoms with E-state index in [1.807, 2.05) is 0 Å². The van der Waals surface area contributed by atoms with Crippen molar-refractivity contribution in [3.05, 3.63) is 42.2 Å². The Morgan fingerprint density at radius 1 is 1.17 bits per heavy atom. The summed E-state index contributed by atoms with van der Waals surface area (Å²) in [6.45, 7) is 8.52. The van der Waals surface area contributed by atoms with E-state index in [9.17, 15) is 0 Å². The molecular weight excluding hydrogens is 345 g/mol. The molecule has 0 N–H and O–H groups in total. The number of aryl methyl sites for hydroxylation is 4. The molecule has 1 radical (unpaired) electrons. The quantitative estimate of drug-likeness (QED) is 0.458. The van der Waals surface area contributed by atoms with Gasteiger partial charge in [0.2, 0.25) is 0 Å². The van der Waals surface area contributed by atoms with Crippen molar-refractivity contribution >= 4 is 59.1 Å². The summed E-state index contributed by atoms with van der Waals surface area (Å²) in [6.07, 6.45) is 0. The molecule has 2 rings (SSSR count). The Morgan fingerprint density at radius 2 is 1.72 bits per heavy atom. The van der Waals surface area contributed by atoms with Gasteiger partial charge in [-0.2, -0.15) is 0 Å². The zero-order valence-electron chi connectivity index (χ0n) is 10.9. The van der Waals surface area contributed by atoms with Crippen LogP contribution in [0.4, 0.5) is 0 Å². The first kappa shape index (κ1) is 18.1. The van der Waals surface area contributed by atoms with Crippen LogP contribution in [0, 0.1) is 27.7 Å². The number of halogens is 1. The molecule has 97 valence electrons. The van der Waals surface area contributed by atoms with Gasteiger partial charge < -0.3 is 0 Å². The van der Waals surface area contributed by atoms with Crippen LogP contribution in [0.5, 0.6) is 0 Å². The van der Waals surface area contributed by atoms with Crippen molar-refractivity contribution in [1.82, 2.24) is 0 Å². The van der Waals surface area contributed by atoms with Crippen LogP contribution in [-0.4, -0.2) is 7.64 Å². The Balaban J connectivity index is 0.000000267. The number of hydrogen-bond donors (Lipinski definition) is 1. The second-order valence-corrected chi connectivity index (χ2v) is 7.55. The van der Waals surface area contributed by atoms with Crippen LogP contribution in [0.3, 0.4) is 0 Å². The molecule has 0 aromatic carbocycles. The molecule has 6 heteroatoms. The van der Waals surface area contributed by atoms with Crippen LogP contribution in [0.15, 0.2) is 25.6 Å². The van der Waals surface area contributed by atoms with Gasteiger partial charge >= 0.3 is 24.8 Å². The summed E-state index contributed by atoms with van der Waals surface area (Å²) < 4.78 is 3.92. The van der Waals surface area contributed by atoms with Crippen molar-refractivity contribution in [1.29, 1.82) is 0 Å². The maximum absolute atomic E-state index is 4.34. The van der Waals surface area contributed by atoms with E-state index in [4.69, 9.17) is 0 Å². The van der Waals surface area contributed by atoms with Crippen molar-refractivity contribution in [2.24, 2.45) is 4.30 Å². The van der Waals surface area contributed by atoms with E-state index in [0.717, 1.165) is 0 Å². The number of thiophene rings is 2. The van der Waals surface area contributed by atoms with E-state index in [1.54, 1.807) is 22.7 Å². The average Bonchev–Trinajstić information content (AvgIpc) is 2.77. The fourth-order valence-electron chi connectivity index (χ4n) is 0.977. The second-order valence-electron chi connectivity index (χ2n) is 3.56. The van der Waals surface area contributed by atoms with Gasteiger partial charge in [-0.25, -0.2) is 0 Å². The zero-order valence-corrected chi connectivity index (χ0v) is 15.0. The van der Waals surface area contributed by atoms with Crippen LogP contribution in [0.1, 0.15) is 20.9 Å². The van der Waals surface area contributed by atoms with Crippen LogP contribution < -0.4 is 0 Å². The van der Waals surface area contributed by atoms with E-state index in [0.29, 0.717) is 0 Å². The summed E-state index contributed by atoms with van der Waals surface area (Å²) in [7, 11) is 4.34. The molecule has 0 unspecified atom stereocenters. The molecule has 0 aliphatic rings. The summed E-state index contributed by atoms with van der Waals surface area (Å²) in [5.74, 6) is 0. The number of rotatable bonds is 0. The molecule has 0 saturated heterocycles. The molecule has 0 spiro atoms. The molecule has 2 aromatic rings. The zero-order chi connectivity index (χ0) is 14.1. The maximum atomic E-state index is 4.34. The van der Waals surface area contributed by atoms with Gasteiger partial charge in [-0.05, 0) is 72.3 Å². The fraction of sp³-hybridized carbons (Fsp3) is 0.333. The van der Waals surface area contributed by atoms with Crippen LogP contribution in [-0.2, 0) is 0 Å². The van der Waals surface area contributed by atoms with Gasteiger partial charge in [0.25, 0.3) is 0 Å². The third-order valence-corrected chi connectivity index (χ3v) is 4.86. The molecule has 0 atom stereocenters. The first-order valence-corrected chi connectivity index (χ1v) is 8.08. The molecule has 0 aliphatic carbocycles. The molecule has 2 heterocycles. The summed E-state index contributed by atoms with van der Waals surface area (Å²) in [5, 5.41) is 2.12. The predicted octanol–water partition coefficient (Wildman–Crippen LogP) is 5.68. The van der Waals surface area contributed by atoms with Gasteiger partial charge in [0.05, 0.1) is 3.79 Å². The molecule has 18 heavy (non-hydrogen) atoms. The van der Waals surface area contributed by atoms with Crippen molar-refractivity contribution < 1.29 is 0 Å². The van der Waals surface area contributed by atoms with Crippen LogP contribution >= 0.6 is 51.4 Å². The van der Waals surface area contributed by atoms with Crippen molar-refractivity contribution in [3.8, 4) is 0 Å². The van der Waals surface area contributed by atoms with Crippen LogP contribution in [0.2, 0.25) is 0 Å². The second kappa shape index (κ2) is 9.95. The Bertz CT molecular complexity index is 443. The molecule has 0 fully saturated rings. The molecule has 2 aromatic heterocycles. The minimum absolute atomic E-state index is 1.23. The Hall–Kier alpha value is 0.0949. The van der Waals surface area contributed by atoms with E-state index in [2.05, 4.69) is 85.9 Å². The SMILES string of the molecule is Cc1cc(Br)sc1C.Cc1ccsc1C.[B]=NS. The fourth-order valence-corrected chi connectivity index (χ4v) is 3.53. The van der Waals surface area contributed by atoms with E-state index in [1.165, 1.54) is 24.7 Å². The normalized spacial score (nSPS) is 8.72. The summed E-state index contributed by atoms with van der Waals surface area (Å²) >= 11 is 10.2. The Labute approximate surface area is 132 Å². The van der Waals surface area contributed by atoms with E-state index < -0.39 is 0 Å². The molecule has 0 amide bonds. The van der Waals surface area contributed by atoms with E-state index in [-0.39, 0.29) is 0 Å². The monoisotopic (exact) mass is 360 g/mol. The third kappa shape index (κ3) is 7.51. The van der Waals surface area contributed by atoms with E-state index >= 15 is 0 Å². The van der Waals surface area contributed by atoms with Crippen molar-refractivity contribution in [2.75, 3.05) is 0 Å². The molecule has 1 nitrogen and oxygen atoms in total. The van der Waals surface area contributed by atoms with Gasteiger partial charge in [0.1, 0.15) is 0 Å². The van der Waals surface area contributed by atoms with Crippen molar-refractivity contribution in [3.63, 3.8) is 0 Å². The molecule has 0 saturated carbocycles. The number of hydrogen-bond acceptors (Lipinski definition) is 4. The predicted molar refractivity (Wildman–Crippen MR) is 92.5 cm³/mol. The van der Waals surface area contributed by atoms with Gasteiger partial charge in [0.15, 0.2) is 0 Å². The topological polar surface area (TPSA) is 12.4 Å². The molecular formula is C12H16BBrNS3. The van der Waals surface area contributed by atoms with Crippen LogP contribution in [0.25, 0.3) is 0 Å². The first-order chi connectivity index (χ1) is 8.42. The molecule has 0 bridgehead atoms. The Kier molecular flexibility index (Phi) is 10.0. The van der Waals surface area contributed by atoms with Gasteiger partial charge in [-0.15, -0.1) is 22.7 Å². The first-order valence-electron chi connectivity index (χ1n) is 5.19. The molecule has 0 aliphatic heterocycles. The van der Waals surface area contributed by atoms with Gasteiger partial charge in [-0.1, -0.05) is 0 Å². The third-order valence-electron chi connectivity index (χ3n) is 2.25. The summed E-state index contributed by atoms with van der Waals surface area (Å²) in [4.78, 5) is 2.83. The number of nitrogens with zero attached hydrogens (tertiary/aromatic N) is 1. The summed E-state index contributed by atoms with van der Waals surface area (Å²) in [6, 6.07) is 4.28.